The number of nitrogens with two attached hydrogens (primary N) is 1. The Morgan fingerprint density at radius 2 is 1.93 bits per heavy atom. The standard InChI is InChI=1S/C18H28N4O3S.ClH/c1-21(2)26(24,25)14-7-8-17(22-9-3-4-10-22)15(11-14)18(23)20-12-16(19)13-5-6-13;/h7-8,11,13,16H,3-6,9-10,12,19H2,1-2H3,(H,20,23);1H. The first-order valence-electron chi connectivity index (χ1n) is 9.16. The highest BCUT2D eigenvalue weighted by Crippen LogP contribution is 2.31. The van der Waals surface area contributed by atoms with Crippen LogP contribution in [0, 0.1) is 5.92 Å². The number of hydrogen-bond acceptors (Lipinski definition) is 5. The highest BCUT2D eigenvalue weighted by atomic mass is 35.5. The summed E-state index contributed by atoms with van der Waals surface area (Å²) in [4.78, 5) is 15.1. The molecule has 0 spiro atoms. The average Bonchev–Trinajstić information content (AvgIpc) is 3.33. The molecule has 1 aliphatic carbocycles. The fraction of sp³-hybridized carbons (Fsp3) is 0.611. The maximum atomic E-state index is 12.8. The number of carbonyl (C=O) groups excluding carboxylic acids is 1. The summed E-state index contributed by atoms with van der Waals surface area (Å²) < 4.78 is 26.1. The molecule has 1 aromatic rings. The van der Waals surface area contributed by atoms with Gasteiger partial charge in [-0.15, -0.1) is 12.4 Å². The molecule has 2 fully saturated rings. The second kappa shape index (κ2) is 8.77. The molecule has 2 aliphatic rings. The summed E-state index contributed by atoms with van der Waals surface area (Å²) in [6, 6.07) is 4.77. The molecule has 27 heavy (non-hydrogen) atoms. The van der Waals surface area contributed by atoms with Crippen LogP contribution in [0.5, 0.6) is 0 Å². The molecule has 1 saturated heterocycles. The third-order valence-electron chi connectivity index (χ3n) is 5.16. The molecule has 1 unspecified atom stereocenters. The zero-order valence-corrected chi connectivity index (χ0v) is 17.5. The van der Waals surface area contributed by atoms with Crippen LogP contribution in [0.1, 0.15) is 36.0 Å². The Balaban J connectivity index is 0.00000261. The minimum Gasteiger partial charge on any atom is -0.371 e. The summed E-state index contributed by atoms with van der Waals surface area (Å²) >= 11 is 0. The van der Waals surface area contributed by atoms with Gasteiger partial charge in [0.1, 0.15) is 0 Å². The Hall–Kier alpha value is -1.35. The lowest BCUT2D eigenvalue weighted by molar-refractivity contribution is 0.0950. The average molecular weight is 417 g/mol. The van der Waals surface area contributed by atoms with Gasteiger partial charge in [0.15, 0.2) is 0 Å². The van der Waals surface area contributed by atoms with Crippen LogP contribution in [0.2, 0.25) is 0 Å². The molecule has 1 saturated carbocycles. The SMILES string of the molecule is CN(C)S(=O)(=O)c1ccc(N2CCCC2)c(C(=O)NCC(N)C2CC2)c1.Cl. The molecule has 3 N–H and O–H groups in total. The van der Waals surface area contributed by atoms with Crippen molar-refractivity contribution in [3.8, 4) is 0 Å². The summed E-state index contributed by atoms with van der Waals surface area (Å²) in [5.74, 6) is 0.229. The first kappa shape index (κ1) is 21.9. The molecular formula is C18H29ClN4O3S. The molecule has 3 rings (SSSR count). The van der Waals surface area contributed by atoms with Crippen LogP contribution < -0.4 is 16.0 Å². The zero-order valence-electron chi connectivity index (χ0n) is 15.8. The van der Waals surface area contributed by atoms with Crippen molar-refractivity contribution in [3.05, 3.63) is 23.8 Å². The largest absolute Gasteiger partial charge is 0.371 e. The van der Waals surface area contributed by atoms with Gasteiger partial charge in [0, 0.05) is 45.5 Å². The smallest absolute Gasteiger partial charge is 0.253 e. The topological polar surface area (TPSA) is 95.7 Å². The van der Waals surface area contributed by atoms with Crippen LogP contribution >= 0.6 is 12.4 Å². The van der Waals surface area contributed by atoms with Gasteiger partial charge in [-0.3, -0.25) is 4.79 Å². The predicted octanol–water partition coefficient (Wildman–Crippen LogP) is 1.43. The molecule has 1 amide bonds. The number of benzene rings is 1. The third-order valence-corrected chi connectivity index (χ3v) is 6.97. The van der Waals surface area contributed by atoms with Gasteiger partial charge in [-0.2, -0.15) is 0 Å². The van der Waals surface area contributed by atoms with E-state index in [1.807, 2.05) is 0 Å². The second-order valence-corrected chi connectivity index (χ2v) is 9.52. The number of nitrogens with one attached hydrogen (secondary N) is 1. The molecule has 7 nitrogen and oxygen atoms in total. The van der Waals surface area contributed by atoms with Crippen molar-refractivity contribution in [1.29, 1.82) is 0 Å². The van der Waals surface area contributed by atoms with Gasteiger partial charge < -0.3 is 16.0 Å². The van der Waals surface area contributed by atoms with Gasteiger partial charge in [0.05, 0.1) is 10.5 Å². The van der Waals surface area contributed by atoms with Crippen molar-refractivity contribution in [2.45, 2.75) is 36.6 Å². The van der Waals surface area contributed by atoms with E-state index < -0.39 is 10.0 Å². The number of rotatable bonds is 7. The Bertz CT molecular complexity index is 775. The molecule has 1 heterocycles. The first-order chi connectivity index (χ1) is 12.3. The number of halogens is 1. The van der Waals surface area contributed by atoms with Crippen molar-refractivity contribution in [3.63, 3.8) is 0 Å². The molecule has 0 bridgehead atoms. The Morgan fingerprint density at radius 3 is 2.48 bits per heavy atom. The second-order valence-electron chi connectivity index (χ2n) is 7.37. The van der Waals surface area contributed by atoms with Gasteiger partial charge in [-0.1, -0.05) is 0 Å². The quantitative estimate of drug-likeness (QED) is 0.700. The number of hydrogen-bond donors (Lipinski definition) is 2. The molecule has 0 aromatic heterocycles. The third kappa shape index (κ3) is 4.93. The van der Waals surface area contributed by atoms with Crippen LogP contribution in [0.3, 0.4) is 0 Å². The highest BCUT2D eigenvalue weighted by Gasteiger charge is 2.29. The number of nitrogens with zero attached hydrogens (tertiary/aromatic N) is 2. The number of carbonyl (C=O) groups is 1. The van der Waals surface area contributed by atoms with E-state index in [2.05, 4.69) is 10.2 Å². The van der Waals surface area contributed by atoms with Crippen molar-refractivity contribution < 1.29 is 13.2 Å². The fourth-order valence-corrected chi connectivity index (χ4v) is 4.23. The molecule has 1 atom stereocenters. The van der Waals surface area contributed by atoms with Gasteiger partial charge in [0.25, 0.3) is 5.91 Å². The van der Waals surface area contributed by atoms with E-state index in [9.17, 15) is 13.2 Å². The van der Waals surface area contributed by atoms with Crippen molar-refractivity contribution in [1.82, 2.24) is 9.62 Å². The lowest BCUT2D eigenvalue weighted by atomic mass is 10.1. The lowest BCUT2D eigenvalue weighted by Crippen LogP contribution is -2.39. The zero-order chi connectivity index (χ0) is 18.9. The van der Waals surface area contributed by atoms with E-state index in [4.69, 9.17) is 5.73 Å². The fourth-order valence-electron chi connectivity index (χ4n) is 3.30. The van der Waals surface area contributed by atoms with E-state index in [-0.39, 0.29) is 29.3 Å². The molecule has 152 valence electrons. The van der Waals surface area contributed by atoms with E-state index in [0.29, 0.717) is 18.0 Å². The molecular weight excluding hydrogens is 388 g/mol. The molecule has 1 aliphatic heterocycles. The summed E-state index contributed by atoms with van der Waals surface area (Å²) in [7, 11) is -0.629. The van der Waals surface area contributed by atoms with Gasteiger partial charge in [0.2, 0.25) is 10.0 Å². The van der Waals surface area contributed by atoms with Crippen LogP contribution in [0.4, 0.5) is 5.69 Å². The number of amides is 1. The van der Waals surface area contributed by atoms with Gasteiger partial charge in [-0.05, 0) is 49.8 Å². The van der Waals surface area contributed by atoms with Crippen molar-refractivity contribution >= 4 is 34.0 Å². The van der Waals surface area contributed by atoms with E-state index in [1.54, 1.807) is 12.1 Å². The van der Waals surface area contributed by atoms with Crippen molar-refractivity contribution in [2.75, 3.05) is 38.6 Å². The number of anilines is 1. The summed E-state index contributed by atoms with van der Waals surface area (Å²) in [5.41, 5.74) is 7.27. The van der Waals surface area contributed by atoms with E-state index in [1.165, 1.54) is 20.2 Å². The minimum absolute atomic E-state index is 0. The van der Waals surface area contributed by atoms with E-state index in [0.717, 1.165) is 48.8 Å². The first-order valence-corrected chi connectivity index (χ1v) is 10.6. The minimum atomic E-state index is -3.60. The Morgan fingerprint density at radius 1 is 1.30 bits per heavy atom. The maximum Gasteiger partial charge on any atom is 0.253 e. The predicted molar refractivity (Wildman–Crippen MR) is 109 cm³/mol. The molecule has 1 aromatic carbocycles. The Labute approximate surface area is 167 Å². The highest BCUT2D eigenvalue weighted by molar-refractivity contribution is 7.89. The van der Waals surface area contributed by atoms with Gasteiger partial charge >= 0.3 is 0 Å². The maximum absolute atomic E-state index is 12.8. The summed E-state index contributed by atoms with van der Waals surface area (Å²) in [5, 5.41) is 2.89. The number of sulfonamides is 1. The Kier molecular flexibility index (Phi) is 7.13. The van der Waals surface area contributed by atoms with Gasteiger partial charge in [-0.25, -0.2) is 12.7 Å². The van der Waals surface area contributed by atoms with Crippen LogP contribution in [-0.2, 0) is 10.0 Å². The normalized spacial score (nSPS) is 18.3. The monoisotopic (exact) mass is 416 g/mol. The van der Waals surface area contributed by atoms with Crippen molar-refractivity contribution in [2.24, 2.45) is 11.7 Å². The van der Waals surface area contributed by atoms with Crippen LogP contribution in [0.15, 0.2) is 23.1 Å². The summed E-state index contributed by atoms with van der Waals surface area (Å²) in [6.45, 7) is 2.16. The molecule has 9 heteroatoms. The van der Waals surface area contributed by atoms with Crippen LogP contribution in [0.25, 0.3) is 0 Å². The van der Waals surface area contributed by atoms with Crippen LogP contribution in [-0.4, -0.2) is 58.4 Å². The lowest BCUT2D eigenvalue weighted by Gasteiger charge is -2.23. The van der Waals surface area contributed by atoms with E-state index >= 15 is 0 Å². The molecule has 0 radical (unpaired) electrons. The summed E-state index contributed by atoms with van der Waals surface area (Å²) in [6.07, 6.45) is 4.38.